The molecule has 0 radical (unpaired) electrons. The molecule has 0 N–H and O–H groups in total. The summed E-state index contributed by atoms with van der Waals surface area (Å²) in [7, 11) is 0. The first-order valence-corrected chi connectivity index (χ1v) is 8.35. The number of nitro groups is 1. The van der Waals surface area contributed by atoms with Gasteiger partial charge in [0.15, 0.2) is 0 Å². The van der Waals surface area contributed by atoms with Crippen LogP contribution in [0.3, 0.4) is 0 Å². The van der Waals surface area contributed by atoms with Crippen LogP contribution in [0.15, 0.2) is 54.1 Å². The van der Waals surface area contributed by atoms with Gasteiger partial charge in [-0.05, 0) is 30.5 Å². The zero-order valence-electron chi connectivity index (χ0n) is 14.1. The van der Waals surface area contributed by atoms with E-state index in [1.54, 1.807) is 42.5 Å². The van der Waals surface area contributed by atoms with E-state index < -0.39 is 10.7 Å². The van der Waals surface area contributed by atoms with E-state index in [2.05, 4.69) is 0 Å². The van der Waals surface area contributed by atoms with Gasteiger partial charge in [-0.3, -0.25) is 14.9 Å². The predicted molar refractivity (Wildman–Crippen MR) is 98.9 cm³/mol. The summed E-state index contributed by atoms with van der Waals surface area (Å²) in [6.45, 7) is 1.60. The van der Waals surface area contributed by atoms with Crippen LogP contribution in [-0.4, -0.2) is 23.8 Å². The van der Waals surface area contributed by atoms with Crippen LogP contribution in [0.4, 0.5) is 11.4 Å². The molecule has 2 aromatic rings. The SMILES string of the molecule is N#C/C(=C/c1ccc(N2CCCC2)c([N+](=O)[O-])c1)C(=O)c1ccccc1. The summed E-state index contributed by atoms with van der Waals surface area (Å²) in [6, 6.07) is 15.2. The highest BCUT2D eigenvalue weighted by Crippen LogP contribution is 2.32. The summed E-state index contributed by atoms with van der Waals surface area (Å²) in [4.78, 5) is 25.5. The van der Waals surface area contributed by atoms with Crippen molar-refractivity contribution in [2.75, 3.05) is 18.0 Å². The van der Waals surface area contributed by atoms with Crippen LogP contribution < -0.4 is 4.90 Å². The quantitative estimate of drug-likeness (QED) is 0.268. The van der Waals surface area contributed by atoms with Gasteiger partial charge in [0, 0.05) is 24.7 Å². The van der Waals surface area contributed by atoms with E-state index in [1.165, 1.54) is 12.1 Å². The molecule has 3 rings (SSSR count). The Bertz CT molecular complexity index is 908. The lowest BCUT2D eigenvalue weighted by atomic mass is 10.0. The second kappa shape index (κ2) is 7.62. The summed E-state index contributed by atoms with van der Waals surface area (Å²) in [6.07, 6.45) is 3.43. The molecule has 6 nitrogen and oxygen atoms in total. The number of nitro benzene ring substituents is 1. The Morgan fingerprint density at radius 2 is 1.85 bits per heavy atom. The number of carbonyl (C=O) groups excluding carboxylic acids is 1. The van der Waals surface area contributed by atoms with E-state index in [0.29, 0.717) is 16.8 Å². The number of nitrogens with zero attached hydrogens (tertiary/aromatic N) is 3. The van der Waals surface area contributed by atoms with Crippen molar-refractivity contribution < 1.29 is 9.72 Å². The topological polar surface area (TPSA) is 87.2 Å². The average molecular weight is 347 g/mol. The Morgan fingerprint density at radius 3 is 2.46 bits per heavy atom. The van der Waals surface area contributed by atoms with Crippen LogP contribution in [0.5, 0.6) is 0 Å². The van der Waals surface area contributed by atoms with Gasteiger partial charge in [0.2, 0.25) is 5.78 Å². The van der Waals surface area contributed by atoms with E-state index in [-0.39, 0.29) is 11.3 Å². The van der Waals surface area contributed by atoms with Crippen molar-refractivity contribution >= 4 is 23.2 Å². The van der Waals surface area contributed by atoms with Crippen molar-refractivity contribution in [3.63, 3.8) is 0 Å². The number of hydrogen-bond donors (Lipinski definition) is 0. The maximum atomic E-state index is 12.4. The van der Waals surface area contributed by atoms with E-state index in [0.717, 1.165) is 25.9 Å². The van der Waals surface area contributed by atoms with E-state index in [1.807, 2.05) is 11.0 Å². The summed E-state index contributed by atoms with van der Waals surface area (Å²) >= 11 is 0. The molecule has 2 aromatic carbocycles. The molecule has 0 bridgehead atoms. The minimum absolute atomic E-state index is 0.00917. The van der Waals surface area contributed by atoms with Crippen LogP contribution in [0.1, 0.15) is 28.8 Å². The van der Waals surface area contributed by atoms with E-state index >= 15 is 0 Å². The van der Waals surface area contributed by atoms with Gasteiger partial charge in [0.1, 0.15) is 17.3 Å². The van der Waals surface area contributed by atoms with Crippen molar-refractivity contribution in [3.05, 3.63) is 75.3 Å². The molecule has 0 saturated carbocycles. The van der Waals surface area contributed by atoms with Crippen LogP contribution in [-0.2, 0) is 0 Å². The van der Waals surface area contributed by atoms with Gasteiger partial charge in [0.25, 0.3) is 5.69 Å². The lowest BCUT2D eigenvalue weighted by Gasteiger charge is -2.17. The molecule has 0 atom stereocenters. The molecular weight excluding hydrogens is 330 g/mol. The molecular formula is C20H17N3O3. The van der Waals surface area contributed by atoms with Gasteiger partial charge in [-0.2, -0.15) is 5.26 Å². The molecule has 26 heavy (non-hydrogen) atoms. The largest absolute Gasteiger partial charge is 0.366 e. The third-order valence-electron chi connectivity index (χ3n) is 4.35. The number of benzene rings is 2. The number of carbonyl (C=O) groups is 1. The van der Waals surface area contributed by atoms with Gasteiger partial charge < -0.3 is 4.90 Å². The minimum Gasteiger partial charge on any atom is -0.366 e. The number of hydrogen-bond acceptors (Lipinski definition) is 5. The molecule has 0 aromatic heterocycles. The summed E-state index contributed by atoms with van der Waals surface area (Å²) in [5.41, 5.74) is 1.38. The lowest BCUT2D eigenvalue weighted by molar-refractivity contribution is -0.384. The number of allylic oxidation sites excluding steroid dienone is 1. The first-order chi connectivity index (χ1) is 12.6. The number of rotatable bonds is 5. The van der Waals surface area contributed by atoms with Gasteiger partial charge in [-0.1, -0.05) is 36.4 Å². The Kier molecular flexibility index (Phi) is 5.09. The lowest BCUT2D eigenvalue weighted by Crippen LogP contribution is -2.18. The van der Waals surface area contributed by atoms with Crippen molar-refractivity contribution in [1.29, 1.82) is 5.26 Å². The molecule has 6 heteroatoms. The Morgan fingerprint density at radius 1 is 1.15 bits per heavy atom. The van der Waals surface area contributed by atoms with E-state index in [9.17, 15) is 20.2 Å². The molecule has 0 aliphatic carbocycles. The molecule has 0 spiro atoms. The van der Waals surface area contributed by atoms with Crippen LogP contribution in [0.25, 0.3) is 6.08 Å². The van der Waals surface area contributed by atoms with Crippen molar-refractivity contribution in [1.82, 2.24) is 0 Å². The zero-order chi connectivity index (χ0) is 18.5. The fraction of sp³-hybridized carbons (Fsp3) is 0.200. The Labute approximate surface area is 151 Å². The maximum Gasteiger partial charge on any atom is 0.293 e. The van der Waals surface area contributed by atoms with Crippen LogP contribution in [0, 0.1) is 21.4 Å². The minimum atomic E-state index is -0.421. The summed E-state index contributed by atoms with van der Waals surface area (Å²) in [5, 5.41) is 20.8. The standard InChI is InChI=1S/C20H17N3O3/c21-14-17(20(24)16-6-2-1-3-7-16)12-15-8-9-18(19(13-15)23(25)26)22-10-4-5-11-22/h1-3,6-9,12-13H,4-5,10-11H2/b17-12-. The maximum absolute atomic E-state index is 12.4. The molecule has 1 aliphatic heterocycles. The molecule has 1 aliphatic rings. The summed E-state index contributed by atoms with van der Waals surface area (Å²) < 4.78 is 0. The second-order valence-electron chi connectivity index (χ2n) is 6.06. The van der Waals surface area contributed by atoms with Crippen molar-refractivity contribution in [2.45, 2.75) is 12.8 Å². The number of Topliss-reactive ketones (excluding diaryl/α,β-unsaturated/α-hetero) is 1. The van der Waals surface area contributed by atoms with Crippen molar-refractivity contribution in [2.24, 2.45) is 0 Å². The monoisotopic (exact) mass is 347 g/mol. The third-order valence-corrected chi connectivity index (χ3v) is 4.35. The smallest absolute Gasteiger partial charge is 0.293 e. The van der Waals surface area contributed by atoms with Gasteiger partial charge in [-0.25, -0.2) is 0 Å². The fourth-order valence-electron chi connectivity index (χ4n) is 3.06. The predicted octanol–water partition coefficient (Wildman–Crippen LogP) is 3.98. The Balaban J connectivity index is 1.96. The van der Waals surface area contributed by atoms with Crippen LogP contribution >= 0.6 is 0 Å². The molecule has 1 fully saturated rings. The first kappa shape index (κ1) is 17.4. The fourth-order valence-corrected chi connectivity index (χ4v) is 3.06. The highest BCUT2D eigenvalue weighted by molar-refractivity contribution is 6.14. The zero-order valence-corrected chi connectivity index (χ0v) is 14.1. The Hall–Kier alpha value is -3.46. The first-order valence-electron chi connectivity index (χ1n) is 8.35. The molecule has 1 saturated heterocycles. The number of nitriles is 1. The summed E-state index contributed by atoms with van der Waals surface area (Å²) in [5.74, 6) is -0.403. The number of ketones is 1. The van der Waals surface area contributed by atoms with Gasteiger partial charge >= 0.3 is 0 Å². The highest BCUT2D eigenvalue weighted by atomic mass is 16.6. The highest BCUT2D eigenvalue weighted by Gasteiger charge is 2.22. The second-order valence-corrected chi connectivity index (χ2v) is 6.06. The van der Waals surface area contributed by atoms with Crippen molar-refractivity contribution in [3.8, 4) is 6.07 Å². The molecule has 130 valence electrons. The normalized spacial score (nSPS) is 14.1. The van der Waals surface area contributed by atoms with Gasteiger partial charge in [-0.15, -0.1) is 0 Å². The third kappa shape index (κ3) is 3.62. The molecule has 0 unspecified atom stereocenters. The van der Waals surface area contributed by atoms with Crippen LogP contribution in [0.2, 0.25) is 0 Å². The van der Waals surface area contributed by atoms with Gasteiger partial charge in [0.05, 0.1) is 4.92 Å². The molecule has 1 heterocycles. The average Bonchev–Trinajstić information content (AvgIpc) is 3.20. The molecule has 0 amide bonds. The van der Waals surface area contributed by atoms with E-state index in [4.69, 9.17) is 0 Å². The number of anilines is 1.